The number of anilines is 4. The normalized spacial score (nSPS) is 25.2. The van der Waals surface area contributed by atoms with Crippen LogP contribution in [0.5, 0.6) is 0 Å². The second kappa shape index (κ2) is 18.8. The average molecular weight is 829 g/mol. The number of tetrazole rings is 1. The molecule has 4 fully saturated rings. The molecule has 5 aliphatic heterocycles. The monoisotopic (exact) mass is 829 g/mol. The van der Waals surface area contributed by atoms with E-state index in [1.54, 1.807) is 17.2 Å². The van der Waals surface area contributed by atoms with Crippen LogP contribution in [-0.4, -0.2) is 156 Å². The van der Waals surface area contributed by atoms with Gasteiger partial charge < -0.3 is 51.0 Å². The van der Waals surface area contributed by atoms with E-state index in [9.17, 15) is 10.2 Å². The summed E-state index contributed by atoms with van der Waals surface area (Å²) >= 11 is 0. The molecule has 0 aromatic carbocycles. The van der Waals surface area contributed by atoms with Gasteiger partial charge >= 0.3 is 0 Å². The number of aromatic amines is 1. The van der Waals surface area contributed by atoms with Gasteiger partial charge in [-0.2, -0.15) is 19.7 Å². The highest BCUT2D eigenvalue weighted by Gasteiger charge is 2.47. The summed E-state index contributed by atoms with van der Waals surface area (Å²) in [6, 6.07) is 0.371. The molecule has 6 aliphatic rings. The second-order valence-corrected chi connectivity index (χ2v) is 16.7. The molecule has 9 rings (SSSR count). The molecule has 0 unspecified atom stereocenters. The van der Waals surface area contributed by atoms with Crippen molar-refractivity contribution in [1.29, 1.82) is 0 Å². The third kappa shape index (κ3) is 9.24. The highest BCUT2D eigenvalue weighted by molar-refractivity contribution is 5.84. The Balaban J connectivity index is 0.856. The molecule has 60 heavy (non-hydrogen) atoms. The molecule has 3 aromatic heterocycles. The van der Waals surface area contributed by atoms with Crippen LogP contribution >= 0.6 is 0 Å². The van der Waals surface area contributed by atoms with Gasteiger partial charge in [-0.3, -0.25) is 4.57 Å². The number of hydrogen-bond donors (Lipinski definition) is 7. The van der Waals surface area contributed by atoms with Crippen molar-refractivity contribution < 1.29 is 14.9 Å². The van der Waals surface area contributed by atoms with E-state index in [4.69, 9.17) is 19.7 Å². The van der Waals surface area contributed by atoms with Crippen LogP contribution in [-0.2, 0) is 11.3 Å². The maximum atomic E-state index is 11.2. The van der Waals surface area contributed by atoms with Crippen LogP contribution in [0.1, 0.15) is 102 Å². The number of aromatic nitrogens is 12. The molecule has 8 heterocycles. The van der Waals surface area contributed by atoms with Crippen LogP contribution in [0, 0.1) is 0 Å². The summed E-state index contributed by atoms with van der Waals surface area (Å²) in [7, 11) is 0. The zero-order valence-corrected chi connectivity index (χ0v) is 34.6. The Labute approximate surface area is 349 Å². The van der Waals surface area contributed by atoms with Gasteiger partial charge in [-0.1, -0.05) is 0 Å². The maximum absolute atomic E-state index is 11.2. The number of aliphatic hydroxyl groups is 2. The SMILES string of the molecule is CCn1nnc([C@H]2O[C@@H](n3cnc4c(NC5CCC(Nc6[nH]c(NCCCCN7CCCC7)nc7ncnc6-7)CC5)nc(NCCCCN5CCCC5)nc43)[C@H](O)[C@@H]2O)n1. The Morgan fingerprint density at radius 3 is 2.20 bits per heavy atom. The van der Waals surface area contributed by atoms with Crippen LogP contribution in [0.15, 0.2) is 12.7 Å². The minimum atomic E-state index is -1.29. The third-order valence-corrected chi connectivity index (χ3v) is 12.4. The van der Waals surface area contributed by atoms with Crippen molar-refractivity contribution in [3.8, 4) is 11.5 Å². The van der Waals surface area contributed by atoms with E-state index in [-0.39, 0.29) is 17.9 Å². The second-order valence-electron chi connectivity index (χ2n) is 16.7. The Morgan fingerprint density at radius 2 is 1.50 bits per heavy atom. The van der Waals surface area contributed by atoms with E-state index in [0.717, 1.165) is 82.6 Å². The number of fused-ring (bicyclic) bond motifs is 2. The first-order valence-electron chi connectivity index (χ1n) is 22.2. The predicted molar refractivity (Wildman–Crippen MR) is 225 cm³/mol. The maximum Gasteiger partial charge on any atom is 0.226 e. The van der Waals surface area contributed by atoms with Gasteiger partial charge in [0, 0.05) is 25.2 Å². The molecule has 0 amide bonds. The fraction of sp³-hybridized carbons (Fsp3) is 0.718. The number of aryl methyl sites for hydroxylation is 1. The molecule has 7 N–H and O–H groups in total. The Kier molecular flexibility index (Phi) is 12.7. The number of nitrogens with one attached hydrogen (secondary N) is 5. The third-order valence-electron chi connectivity index (χ3n) is 12.4. The standard InChI is InChI=1S/C39H60N18O3/c1-2-57-52-35(51-53-57)31-29(58)30(59)37(60-31)56-24-44-28-34(49-39(50-36(28)56)41-16-4-6-18-55-21-9-10-22-55)46-26-13-11-25(12-14-26)45-33-27-32(43-23-42-27)47-38(48-33)40-15-3-5-17-54-19-7-8-20-54/h23-26,29-31,37,58-59H,2-22H2,1H3,(H2,41,46,49,50)(H3,40,42,43,45,47,48)/t25?,26?,29-,30+,31-,37+/m0/s1. The molecule has 0 spiro atoms. The first-order valence-corrected chi connectivity index (χ1v) is 22.2. The fourth-order valence-electron chi connectivity index (χ4n) is 9.03. The summed E-state index contributed by atoms with van der Waals surface area (Å²) < 4.78 is 7.88. The first kappa shape index (κ1) is 40.6. The zero-order chi connectivity index (χ0) is 40.8. The lowest BCUT2D eigenvalue weighted by Crippen LogP contribution is -2.33. The number of ether oxygens (including phenoxy) is 1. The first-order chi connectivity index (χ1) is 29.5. The number of rotatable bonds is 19. The van der Waals surface area contributed by atoms with Gasteiger partial charge in [-0.25, -0.2) is 15.0 Å². The van der Waals surface area contributed by atoms with Gasteiger partial charge in [0.05, 0.1) is 12.9 Å². The van der Waals surface area contributed by atoms with Crippen molar-refractivity contribution in [3.63, 3.8) is 0 Å². The average Bonchev–Trinajstić information content (AvgIpc) is 4.12. The summed E-state index contributed by atoms with van der Waals surface area (Å²) in [5, 5.41) is 49.0. The van der Waals surface area contributed by atoms with E-state index < -0.39 is 24.5 Å². The molecule has 4 atom stereocenters. The van der Waals surface area contributed by atoms with E-state index in [1.165, 1.54) is 63.1 Å². The van der Waals surface area contributed by atoms with Gasteiger partial charge in [0.1, 0.15) is 30.0 Å². The molecule has 3 saturated heterocycles. The van der Waals surface area contributed by atoms with E-state index in [1.807, 2.05) is 6.92 Å². The van der Waals surface area contributed by atoms with E-state index in [0.29, 0.717) is 41.2 Å². The molecular formula is C39H60N18O3. The summed E-state index contributed by atoms with van der Waals surface area (Å²) in [5.74, 6) is 3.44. The topological polar surface area (TPSA) is 246 Å². The smallest absolute Gasteiger partial charge is 0.226 e. The van der Waals surface area contributed by atoms with Crippen LogP contribution < -0.4 is 21.3 Å². The number of unbranched alkanes of at least 4 members (excludes halogenated alkanes) is 2. The highest BCUT2D eigenvalue weighted by Crippen LogP contribution is 2.39. The summed E-state index contributed by atoms with van der Waals surface area (Å²) in [6.45, 7) is 11.1. The van der Waals surface area contributed by atoms with Crippen LogP contribution in [0.3, 0.4) is 0 Å². The molecule has 0 bridgehead atoms. The number of aliphatic hydroxyl groups excluding tert-OH is 2. The largest absolute Gasteiger partial charge is 0.387 e. The molecular weight excluding hydrogens is 769 g/mol. The number of nitrogens with zero attached hydrogens (tertiary/aromatic N) is 13. The molecule has 324 valence electrons. The lowest BCUT2D eigenvalue weighted by Gasteiger charge is -2.31. The van der Waals surface area contributed by atoms with Gasteiger partial charge in [-0.05, 0) is 128 Å². The van der Waals surface area contributed by atoms with Crippen molar-refractivity contribution in [2.75, 3.05) is 73.6 Å². The van der Waals surface area contributed by atoms with Crippen molar-refractivity contribution in [3.05, 3.63) is 18.5 Å². The zero-order valence-electron chi connectivity index (χ0n) is 34.6. The van der Waals surface area contributed by atoms with Gasteiger partial charge in [-0.15, -0.1) is 10.2 Å². The quantitative estimate of drug-likeness (QED) is 0.0592. The predicted octanol–water partition coefficient (Wildman–Crippen LogP) is 2.85. The number of H-pyrrole nitrogens is 1. The highest BCUT2D eigenvalue weighted by atomic mass is 16.6. The Morgan fingerprint density at radius 1 is 0.800 bits per heavy atom. The number of hydrogen-bond acceptors (Lipinski definition) is 18. The number of imidazole rings is 2. The van der Waals surface area contributed by atoms with Crippen molar-refractivity contribution in [1.82, 2.24) is 69.5 Å². The van der Waals surface area contributed by atoms with Gasteiger partial charge in [0.25, 0.3) is 0 Å². The lowest BCUT2D eigenvalue weighted by atomic mass is 9.91. The summed E-state index contributed by atoms with van der Waals surface area (Å²) in [5.41, 5.74) is 1.77. The summed E-state index contributed by atoms with van der Waals surface area (Å²) in [6.07, 6.45) is 11.8. The molecule has 0 radical (unpaired) electrons. The van der Waals surface area contributed by atoms with E-state index in [2.05, 4.69) is 66.4 Å². The lowest BCUT2D eigenvalue weighted by molar-refractivity contribution is -0.0384. The van der Waals surface area contributed by atoms with E-state index >= 15 is 0 Å². The molecule has 1 aliphatic carbocycles. The molecule has 21 heteroatoms. The molecule has 21 nitrogen and oxygen atoms in total. The van der Waals surface area contributed by atoms with Crippen molar-refractivity contribution in [2.45, 2.75) is 127 Å². The molecule has 1 saturated carbocycles. The Bertz CT molecular complexity index is 2090. The fourth-order valence-corrected chi connectivity index (χ4v) is 9.03. The van der Waals surface area contributed by atoms with Crippen LogP contribution in [0.4, 0.5) is 23.5 Å². The summed E-state index contributed by atoms with van der Waals surface area (Å²) in [4.78, 5) is 38.1. The van der Waals surface area contributed by atoms with Crippen LogP contribution in [0.2, 0.25) is 0 Å². The minimum absolute atomic E-state index is 0.143. The number of likely N-dealkylation sites (tertiary alicyclic amines) is 2. The van der Waals surface area contributed by atoms with Gasteiger partial charge in [0.15, 0.2) is 35.1 Å². The van der Waals surface area contributed by atoms with Crippen molar-refractivity contribution in [2.24, 2.45) is 0 Å². The minimum Gasteiger partial charge on any atom is -0.387 e. The molecule has 3 aromatic rings. The van der Waals surface area contributed by atoms with Gasteiger partial charge in [0.2, 0.25) is 17.7 Å². The Hall–Kier alpha value is -4.83. The van der Waals surface area contributed by atoms with Crippen LogP contribution in [0.25, 0.3) is 22.7 Å². The van der Waals surface area contributed by atoms with Crippen molar-refractivity contribution >= 4 is 34.7 Å².